The fourth-order valence-corrected chi connectivity index (χ4v) is 1.54. The molecule has 0 heterocycles. The molecule has 3 heteroatoms. The number of hydrogen-bond acceptors (Lipinski definition) is 2. The van der Waals surface area contributed by atoms with Crippen LogP contribution in [0.5, 0.6) is 0 Å². The molecule has 80 valence electrons. The Morgan fingerprint density at radius 2 is 1.80 bits per heavy atom. The molecule has 0 N–H and O–H groups in total. The zero-order valence-corrected chi connectivity index (χ0v) is 10.7. The molecule has 0 aromatic heterocycles. The van der Waals surface area contributed by atoms with Crippen LogP contribution in [0.15, 0.2) is 40.5 Å². The summed E-state index contributed by atoms with van der Waals surface area (Å²) in [5.41, 5.74) is 1.45. The Balaban J connectivity index is 2.90. The van der Waals surface area contributed by atoms with Crippen LogP contribution in [0.3, 0.4) is 0 Å². The van der Waals surface area contributed by atoms with E-state index >= 15 is 0 Å². The van der Waals surface area contributed by atoms with Crippen LogP contribution in [0.2, 0.25) is 0 Å². The van der Waals surface area contributed by atoms with Crippen LogP contribution >= 0.6 is 15.9 Å². The number of benzene rings is 1. The molecule has 1 rings (SSSR count). The molecular weight excluding hydrogens is 254 g/mol. The first-order chi connectivity index (χ1) is 7.00. The van der Waals surface area contributed by atoms with Crippen molar-refractivity contribution in [2.75, 3.05) is 14.1 Å². The van der Waals surface area contributed by atoms with E-state index in [4.69, 9.17) is 0 Å². The average Bonchev–Trinajstić information content (AvgIpc) is 2.17. The van der Waals surface area contributed by atoms with Gasteiger partial charge in [-0.2, -0.15) is 0 Å². The van der Waals surface area contributed by atoms with Gasteiger partial charge in [0.1, 0.15) is 0 Å². The number of Topliss-reactive ketones (excluding diaryl/α,β-unsaturated/α-hetero) is 1. The molecule has 0 radical (unpaired) electrons. The number of allylic oxidation sites excluding steroid dienone is 1. The molecule has 0 aliphatic rings. The van der Waals surface area contributed by atoms with Crippen molar-refractivity contribution in [1.82, 2.24) is 4.90 Å². The highest BCUT2D eigenvalue weighted by Gasteiger charge is 2.07. The van der Waals surface area contributed by atoms with Gasteiger partial charge >= 0.3 is 0 Å². The van der Waals surface area contributed by atoms with Crippen molar-refractivity contribution in [3.8, 4) is 0 Å². The number of nitrogens with zero attached hydrogens (tertiary/aromatic N) is 1. The van der Waals surface area contributed by atoms with Crippen molar-refractivity contribution >= 4 is 21.7 Å². The lowest BCUT2D eigenvalue weighted by molar-refractivity contribution is 0.103. The van der Waals surface area contributed by atoms with Gasteiger partial charge in [-0.05, 0) is 31.2 Å². The fraction of sp³-hybridized carbons (Fsp3) is 0.250. The van der Waals surface area contributed by atoms with Crippen molar-refractivity contribution in [3.05, 3.63) is 46.1 Å². The molecule has 0 amide bonds. The lowest BCUT2D eigenvalue weighted by atomic mass is 10.1. The third kappa shape index (κ3) is 3.51. The smallest absolute Gasteiger partial charge is 0.190 e. The van der Waals surface area contributed by atoms with Crippen LogP contribution < -0.4 is 0 Å². The van der Waals surface area contributed by atoms with E-state index in [-0.39, 0.29) is 5.78 Å². The van der Waals surface area contributed by atoms with Gasteiger partial charge in [-0.3, -0.25) is 4.79 Å². The molecule has 0 aliphatic carbocycles. The van der Waals surface area contributed by atoms with Crippen LogP contribution in [0.1, 0.15) is 17.3 Å². The maximum absolute atomic E-state index is 11.9. The maximum Gasteiger partial charge on any atom is 0.190 e. The third-order valence-corrected chi connectivity index (χ3v) is 2.45. The van der Waals surface area contributed by atoms with E-state index in [9.17, 15) is 4.79 Å². The second-order valence-corrected chi connectivity index (χ2v) is 4.53. The van der Waals surface area contributed by atoms with Crippen molar-refractivity contribution in [3.63, 3.8) is 0 Å². The van der Waals surface area contributed by atoms with Gasteiger partial charge in [0.05, 0.1) is 0 Å². The van der Waals surface area contributed by atoms with Crippen LogP contribution in [0.4, 0.5) is 0 Å². The maximum atomic E-state index is 11.9. The summed E-state index contributed by atoms with van der Waals surface area (Å²) in [5, 5.41) is 0. The second-order valence-electron chi connectivity index (χ2n) is 3.61. The third-order valence-electron chi connectivity index (χ3n) is 1.92. The number of carbonyl (C=O) groups excluding carboxylic acids is 1. The Hall–Kier alpha value is -1.09. The molecule has 0 atom stereocenters. The van der Waals surface area contributed by atoms with Crippen molar-refractivity contribution in [2.24, 2.45) is 0 Å². The summed E-state index contributed by atoms with van der Waals surface area (Å²) in [6.45, 7) is 1.82. The second kappa shape index (κ2) is 5.12. The average molecular weight is 268 g/mol. The van der Waals surface area contributed by atoms with E-state index < -0.39 is 0 Å². The minimum Gasteiger partial charge on any atom is -0.383 e. The van der Waals surface area contributed by atoms with E-state index in [1.807, 2.05) is 56.4 Å². The normalized spacial score (nSPS) is 11.3. The van der Waals surface area contributed by atoms with E-state index in [0.29, 0.717) is 5.56 Å². The molecule has 0 saturated carbocycles. The Morgan fingerprint density at radius 3 is 2.27 bits per heavy atom. The van der Waals surface area contributed by atoms with Gasteiger partial charge in [0.25, 0.3) is 0 Å². The van der Waals surface area contributed by atoms with Gasteiger partial charge in [0.2, 0.25) is 0 Å². The van der Waals surface area contributed by atoms with E-state index in [2.05, 4.69) is 15.9 Å². The Bertz CT molecular complexity index is 379. The summed E-state index contributed by atoms with van der Waals surface area (Å²) >= 11 is 3.34. The summed E-state index contributed by atoms with van der Waals surface area (Å²) in [4.78, 5) is 13.7. The monoisotopic (exact) mass is 267 g/mol. The molecule has 0 bridgehead atoms. The van der Waals surface area contributed by atoms with Gasteiger partial charge in [0, 0.05) is 35.9 Å². The van der Waals surface area contributed by atoms with Crippen LogP contribution in [0.25, 0.3) is 0 Å². The standard InChI is InChI=1S/C12H14BrNO/c1-9(8-14(2)3)12(15)10-4-6-11(13)7-5-10/h4-8H,1-3H3/b9-8+. The number of halogens is 1. The van der Waals surface area contributed by atoms with Crippen molar-refractivity contribution in [2.45, 2.75) is 6.92 Å². The molecule has 0 unspecified atom stereocenters. The van der Waals surface area contributed by atoms with Gasteiger partial charge in [0.15, 0.2) is 5.78 Å². The molecular formula is C12H14BrNO. The van der Waals surface area contributed by atoms with E-state index in [1.54, 1.807) is 0 Å². The molecule has 0 spiro atoms. The Morgan fingerprint density at radius 1 is 1.27 bits per heavy atom. The quantitative estimate of drug-likeness (QED) is 0.620. The first-order valence-corrected chi connectivity index (χ1v) is 5.45. The number of carbonyl (C=O) groups is 1. The summed E-state index contributed by atoms with van der Waals surface area (Å²) < 4.78 is 0.980. The fourth-order valence-electron chi connectivity index (χ4n) is 1.27. The predicted octanol–water partition coefficient (Wildman–Crippen LogP) is 3.10. The zero-order chi connectivity index (χ0) is 11.4. The first kappa shape index (κ1) is 12.0. The number of ketones is 1. The number of hydrogen-bond donors (Lipinski definition) is 0. The van der Waals surface area contributed by atoms with Gasteiger partial charge < -0.3 is 4.90 Å². The highest BCUT2D eigenvalue weighted by molar-refractivity contribution is 9.10. The minimum atomic E-state index is 0.0659. The first-order valence-electron chi connectivity index (χ1n) is 4.66. The van der Waals surface area contributed by atoms with Gasteiger partial charge in [-0.25, -0.2) is 0 Å². The largest absolute Gasteiger partial charge is 0.383 e. The molecule has 0 fully saturated rings. The minimum absolute atomic E-state index is 0.0659. The molecule has 1 aromatic carbocycles. The molecule has 0 aliphatic heterocycles. The zero-order valence-electron chi connectivity index (χ0n) is 9.12. The summed E-state index contributed by atoms with van der Waals surface area (Å²) in [6.07, 6.45) is 1.82. The van der Waals surface area contributed by atoms with E-state index in [1.165, 1.54) is 0 Å². The van der Waals surface area contributed by atoms with Gasteiger partial charge in [-0.15, -0.1) is 0 Å². The molecule has 1 aromatic rings. The van der Waals surface area contributed by atoms with Crippen LogP contribution in [0, 0.1) is 0 Å². The van der Waals surface area contributed by atoms with E-state index in [0.717, 1.165) is 10.0 Å². The SMILES string of the molecule is C/C(=C\N(C)C)C(=O)c1ccc(Br)cc1. The summed E-state index contributed by atoms with van der Waals surface area (Å²) in [6, 6.07) is 7.38. The molecule has 0 saturated heterocycles. The lowest BCUT2D eigenvalue weighted by Crippen LogP contribution is -2.07. The molecule has 15 heavy (non-hydrogen) atoms. The van der Waals surface area contributed by atoms with Crippen molar-refractivity contribution in [1.29, 1.82) is 0 Å². The lowest BCUT2D eigenvalue weighted by Gasteiger charge is -2.07. The predicted molar refractivity (Wildman–Crippen MR) is 65.9 cm³/mol. The van der Waals surface area contributed by atoms with Crippen LogP contribution in [-0.2, 0) is 0 Å². The highest BCUT2D eigenvalue weighted by atomic mass is 79.9. The summed E-state index contributed by atoms with van der Waals surface area (Å²) in [7, 11) is 3.80. The van der Waals surface area contributed by atoms with Crippen molar-refractivity contribution < 1.29 is 4.79 Å². The highest BCUT2D eigenvalue weighted by Crippen LogP contribution is 2.13. The van der Waals surface area contributed by atoms with Gasteiger partial charge in [-0.1, -0.05) is 15.9 Å². The Kier molecular flexibility index (Phi) is 4.09. The van der Waals surface area contributed by atoms with Crippen LogP contribution in [-0.4, -0.2) is 24.8 Å². The topological polar surface area (TPSA) is 20.3 Å². The molecule has 2 nitrogen and oxygen atoms in total. The number of rotatable bonds is 3. The Labute approximate surface area is 98.7 Å². The summed E-state index contributed by atoms with van der Waals surface area (Å²) in [5.74, 6) is 0.0659.